The van der Waals surface area contributed by atoms with Crippen LogP contribution in [0.5, 0.6) is 0 Å². The Bertz CT molecular complexity index is 1210. The van der Waals surface area contributed by atoms with Crippen molar-refractivity contribution in [1.29, 1.82) is 0 Å². The van der Waals surface area contributed by atoms with Crippen molar-refractivity contribution in [2.45, 2.75) is 6.04 Å². The number of carbonyl (C=O) groups is 1. The maximum atomic E-state index is 13.3. The Morgan fingerprint density at radius 1 is 0.969 bits per heavy atom. The van der Waals surface area contributed by atoms with Crippen molar-refractivity contribution in [3.8, 4) is 11.3 Å². The molecule has 4 aromatic rings. The molecule has 1 fully saturated rings. The van der Waals surface area contributed by atoms with E-state index in [-0.39, 0.29) is 11.6 Å². The van der Waals surface area contributed by atoms with E-state index >= 15 is 0 Å². The van der Waals surface area contributed by atoms with E-state index in [9.17, 15) is 13.6 Å². The van der Waals surface area contributed by atoms with Crippen LogP contribution in [-0.2, 0) is 4.79 Å². The molecule has 0 bridgehead atoms. The number of hydrogen-bond donors (Lipinski definition) is 1. The second-order valence-corrected chi connectivity index (χ2v) is 8.56. The summed E-state index contributed by atoms with van der Waals surface area (Å²) in [5, 5.41) is 5.49. The van der Waals surface area contributed by atoms with E-state index in [1.165, 1.54) is 35.6 Å². The van der Waals surface area contributed by atoms with Gasteiger partial charge < -0.3 is 10.6 Å². The summed E-state index contributed by atoms with van der Waals surface area (Å²) in [6.07, 6.45) is 1.83. The predicted octanol–water partition coefficient (Wildman–Crippen LogP) is 3.08. The molecule has 1 atom stereocenters. The molecule has 2 aromatic heterocycles. The van der Waals surface area contributed by atoms with Crippen molar-refractivity contribution in [3.63, 3.8) is 0 Å². The highest BCUT2D eigenvalue weighted by Crippen LogP contribution is 2.29. The molecule has 0 spiro atoms. The standard InChI is InChI=1S/C22H20F2N6OS/c23-16-5-1-14(2-6-16)18-13-30-21(26-18)32-22(27-30)29-11-9-28(10-12-29)19(20(25)31)15-3-7-17(24)8-4-15/h1-8,13,19H,9-12H2,(H2,25,31). The molecule has 1 amide bonds. The first-order chi connectivity index (χ1) is 15.5. The van der Waals surface area contributed by atoms with Crippen LogP contribution in [-0.4, -0.2) is 51.6 Å². The van der Waals surface area contributed by atoms with Crippen LogP contribution < -0.4 is 10.6 Å². The summed E-state index contributed by atoms with van der Waals surface area (Å²) in [5.74, 6) is -1.09. The summed E-state index contributed by atoms with van der Waals surface area (Å²) >= 11 is 1.48. The highest BCUT2D eigenvalue weighted by atomic mass is 32.1. The zero-order valence-corrected chi connectivity index (χ0v) is 17.8. The first kappa shape index (κ1) is 20.5. The van der Waals surface area contributed by atoms with E-state index in [2.05, 4.69) is 15.0 Å². The normalized spacial score (nSPS) is 15.9. The van der Waals surface area contributed by atoms with Crippen LogP contribution in [0.25, 0.3) is 16.2 Å². The molecule has 5 rings (SSSR count). The SMILES string of the molecule is NC(=O)C(c1ccc(F)cc1)N1CCN(c2nn3cc(-c4ccc(F)cc4)nc3s2)CC1. The summed E-state index contributed by atoms with van der Waals surface area (Å²) in [4.78, 5) is 21.6. The lowest BCUT2D eigenvalue weighted by molar-refractivity contribution is -0.123. The number of amides is 1. The molecule has 1 aliphatic rings. The van der Waals surface area contributed by atoms with Crippen molar-refractivity contribution in [2.75, 3.05) is 31.1 Å². The maximum Gasteiger partial charge on any atom is 0.239 e. The molecule has 1 aliphatic heterocycles. The average molecular weight is 455 g/mol. The molecule has 2 N–H and O–H groups in total. The Morgan fingerprint density at radius 2 is 1.59 bits per heavy atom. The number of nitrogens with two attached hydrogens (primary N) is 1. The van der Waals surface area contributed by atoms with Gasteiger partial charge in [0.25, 0.3) is 0 Å². The Kier molecular flexibility index (Phi) is 5.32. The molecule has 32 heavy (non-hydrogen) atoms. The summed E-state index contributed by atoms with van der Waals surface area (Å²) in [6, 6.07) is 11.5. The van der Waals surface area contributed by atoms with E-state index in [0.29, 0.717) is 31.7 Å². The molecular formula is C22H20F2N6OS. The van der Waals surface area contributed by atoms with E-state index in [4.69, 9.17) is 5.73 Å². The number of hydrogen-bond acceptors (Lipinski definition) is 6. The number of carbonyl (C=O) groups excluding carboxylic acids is 1. The third-order valence-corrected chi connectivity index (χ3v) is 6.56. The minimum atomic E-state index is -0.593. The molecule has 1 unspecified atom stereocenters. The number of halogens is 2. The first-order valence-corrected chi connectivity index (χ1v) is 11.0. The lowest BCUT2D eigenvalue weighted by atomic mass is 10.0. The average Bonchev–Trinajstić information content (AvgIpc) is 3.36. The van der Waals surface area contributed by atoms with Crippen LogP contribution >= 0.6 is 11.3 Å². The van der Waals surface area contributed by atoms with Crippen LogP contribution in [0.3, 0.4) is 0 Å². The van der Waals surface area contributed by atoms with E-state index < -0.39 is 11.9 Å². The molecule has 0 radical (unpaired) electrons. The molecule has 0 saturated carbocycles. The summed E-state index contributed by atoms with van der Waals surface area (Å²) in [7, 11) is 0. The molecular weight excluding hydrogens is 434 g/mol. The number of rotatable bonds is 5. The number of fused-ring (bicyclic) bond motifs is 1. The maximum absolute atomic E-state index is 13.3. The molecule has 2 aromatic carbocycles. The quantitative estimate of drug-likeness (QED) is 0.501. The van der Waals surface area contributed by atoms with Gasteiger partial charge in [-0.1, -0.05) is 23.5 Å². The molecule has 7 nitrogen and oxygen atoms in total. The molecule has 0 aliphatic carbocycles. The van der Waals surface area contributed by atoms with Gasteiger partial charge in [0.1, 0.15) is 17.7 Å². The van der Waals surface area contributed by atoms with Crippen molar-refractivity contribution in [1.82, 2.24) is 19.5 Å². The second-order valence-electron chi connectivity index (χ2n) is 7.62. The van der Waals surface area contributed by atoms with Gasteiger partial charge in [0, 0.05) is 31.7 Å². The van der Waals surface area contributed by atoms with Crippen LogP contribution in [0.15, 0.2) is 54.7 Å². The Morgan fingerprint density at radius 3 is 2.19 bits per heavy atom. The number of nitrogens with zero attached hydrogens (tertiary/aromatic N) is 5. The largest absolute Gasteiger partial charge is 0.368 e. The fourth-order valence-corrected chi connectivity index (χ4v) is 4.88. The van der Waals surface area contributed by atoms with E-state index in [1.54, 1.807) is 28.8 Å². The first-order valence-electron chi connectivity index (χ1n) is 10.1. The van der Waals surface area contributed by atoms with Crippen molar-refractivity contribution < 1.29 is 13.6 Å². The third kappa shape index (κ3) is 3.94. The molecule has 3 heterocycles. The smallest absolute Gasteiger partial charge is 0.239 e. The zero-order valence-electron chi connectivity index (χ0n) is 17.0. The van der Waals surface area contributed by atoms with Gasteiger partial charge in [0.15, 0.2) is 0 Å². The minimum Gasteiger partial charge on any atom is -0.368 e. The molecule has 1 saturated heterocycles. The Balaban J connectivity index is 1.29. The third-order valence-electron chi connectivity index (χ3n) is 5.58. The highest BCUT2D eigenvalue weighted by molar-refractivity contribution is 7.20. The van der Waals surface area contributed by atoms with Gasteiger partial charge in [-0.05, 0) is 42.0 Å². The van der Waals surface area contributed by atoms with Crippen molar-refractivity contribution in [2.24, 2.45) is 5.73 Å². The number of benzene rings is 2. The topological polar surface area (TPSA) is 79.8 Å². The number of imidazole rings is 1. The fourth-order valence-electron chi connectivity index (χ4n) is 3.95. The Labute approximate surface area is 186 Å². The van der Waals surface area contributed by atoms with Gasteiger partial charge in [0.05, 0.1) is 11.9 Å². The molecule has 164 valence electrons. The number of anilines is 1. The van der Waals surface area contributed by atoms with E-state index in [1.807, 2.05) is 11.1 Å². The van der Waals surface area contributed by atoms with Gasteiger partial charge in [-0.2, -0.15) is 0 Å². The van der Waals surface area contributed by atoms with Crippen molar-refractivity contribution in [3.05, 3.63) is 71.9 Å². The second kappa shape index (κ2) is 8.29. The van der Waals surface area contributed by atoms with E-state index in [0.717, 1.165) is 21.3 Å². The monoisotopic (exact) mass is 454 g/mol. The van der Waals surface area contributed by atoms with Crippen LogP contribution in [0.1, 0.15) is 11.6 Å². The minimum absolute atomic E-state index is 0.285. The molecule has 10 heteroatoms. The fraction of sp³-hybridized carbons (Fsp3) is 0.227. The predicted molar refractivity (Wildman–Crippen MR) is 118 cm³/mol. The lowest BCUT2D eigenvalue weighted by Crippen LogP contribution is -2.50. The Hall–Kier alpha value is -3.37. The van der Waals surface area contributed by atoms with Gasteiger partial charge >= 0.3 is 0 Å². The van der Waals surface area contributed by atoms with Gasteiger partial charge in [0.2, 0.25) is 16.0 Å². The number of piperazine rings is 1. The highest BCUT2D eigenvalue weighted by Gasteiger charge is 2.30. The number of primary amides is 1. The number of aromatic nitrogens is 3. The summed E-state index contributed by atoms with van der Waals surface area (Å²) in [6.45, 7) is 2.58. The van der Waals surface area contributed by atoms with Crippen LogP contribution in [0.2, 0.25) is 0 Å². The summed E-state index contributed by atoms with van der Waals surface area (Å²) < 4.78 is 28.2. The lowest BCUT2D eigenvalue weighted by Gasteiger charge is -2.38. The summed E-state index contributed by atoms with van der Waals surface area (Å²) in [5.41, 5.74) is 7.92. The van der Waals surface area contributed by atoms with Gasteiger partial charge in [-0.3, -0.25) is 9.69 Å². The van der Waals surface area contributed by atoms with Crippen LogP contribution in [0, 0.1) is 11.6 Å². The van der Waals surface area contributed by atoms with Gasteiger partial charge in [-0.15, -0.1) is 5.10 Å². The van der Waals surface area contributed by atoms with Crippen molar-refractivity contribution >= 4 is 27.3 Å². The van der Waals surface area contributed by atoms with Crippen LogP contribution in [0.4, 0.5) is 13.9 Å². The van der Waals surface area contributed by atoms with Gasteiger partial charge in [-0.25, -0.2) is 18.3 Å². The zero-order chi connectivity index (χ0) is 22.2.